The Morgan fingerprint density at radius 1 is 1.15 bits per heavy atom. The van der Waals surface area contributed by atoms with Crippen LogP contribution in [0.4, 0.5) is 16.2 Å². The lowest BCUT2D eigenvalue weighted by Gasteiger charge is -2.19. The average molecular weight is 376 g/mol. The Kier molecular flexibility index (Phi) is 5.86. The Morgan fingerprint density at radius 2 is 1.85 bits per heavy atom. The van der Waals surface area contributed by atoms with Crippen LogP contribution in [0.2, 0.25) is 0 Å². The smallest absolute Gasteiger partial charge is 0.321 e. The van der Waals surface area contributed by atoms with Gasteiger partial charge >= 0.3 is 6.03 Å². The van der Waals surface area contributed by atoms with Crippen molar-refractivity contribution in [1.82, 2.24) is 9.88 Å². The number of benzene rings is 1. The zero-order valence-corrected chi connectivity index (χ0v) is 16.4. The molecule has 0 aliphatic carbocycles. The van der Waals surface area contributed by atoms with Crippen LogP contribution in [0, 0.1) is 20.8 Å². The summed E-state index contributed by atoms with van der Waals surface area (Å²) in [6.07, 6.45) is 1.08. The van der Waals surface area contributed by atoms with Crippen molar-refractivity contribution in [2.45, 2.75) is 27.3 Å². The van der Waals surface area contributed by atoms with Crippen molar-refractivity contribution < 1.29 is 13.2 Å². The van der Waals surface area contributed by atoms with Gasteiger partial charge in [0.2, 0.25) is 10.0 Å². The van der Waals surface area contributed by atoms with Crippen molar-refractivity contribution in [3.8, 4) is 0 Å². The normalized spacial score (nSPS) is 11.1. The number of carbonyl (C=O) groups is 1. The van der Waals surface area contributed by atoms with Gasteiger partial charge in [-0.2, -0.15) is 0 Å². The van der Waals surface area contributed by atoms with Crippen molar-refractivity contribution in [2.75, 3.05) is 23.3 Å². The van der Waals surface area contributed by atoms with Gasteiger partial charge in [-0.1, -0.05) is 6.07 Å². The van der Waals surface area contributed by atoms with Crippen molar-refractivity contribution in [3.05, 3.63) is 52.8 Å². The van der Waals surface area contributed by atoms with Crippen LogP contribution in [0.5, 0.6) is 0 Å². The molecule has 7 nitrogen and oxygen atoms in total. The third-order valence-corrected chi connectivity index (χ3v) is 4.29. The maximum absolute atomic E-state index is 12.5. The molecule has 0 atom stereocenters. The van der Waals surface area contributed by atoms with Crippen molar-refractivity contribution in [3.63, 3.8) is 0 Å². The standard InChI is InChI=1S/C18H24N4O3S/c1-12-8-14(3)19-16(9-12)11-22(4)18(23)20-17-10-15(7-6-13(17)2)21-26(5,24)25/h6-10,21H,11H2,1-5H3,(H,20,23). The van der Waals surface area contributed by atoms with E-state index in [9.17, 15) is 13.2 Å². The van der Waals surface area contributed by atoms with Gasteiger partial charge in [-0.25, -0.2) is 13.2 Å². The van der Waals surface area contributed by atoms with Crippen LogP contribution in [-0.2, 0) is 16.6 Å². The second kappa shape index (κ2) is 7.74. The first-order valence-electron chi connectivity index (χ1n) is 8.08. The zero-order chi connectivity index (χ0) is 19.5. The number of carbonyl (C=O) groups excluding carboxylic acids is 1. The SMILES string of the molecule is Cc1cc(C)nc(CN(C)C(=O)Nc2cc(NS(C)(=O)=O)ccc2C)c1. The van der Waals surface area contributed by atoms with E-state index in [-0.39, 0.29) is 6.03 Å². The molecule has 0 radical (unpaired) electrons. The molecule has 0 bridgehead atoms. The average Bonchev–Trinajstić information content (AvgIpc) is 2.48. The minimum Gasteiger partial charge on any atom is -0.322 e. The van der Waals surface area contributed by atoms with E-state index in [1.54, 1.807) is 25.2 Å². The van der Waals surface area contributed by atoms with Gasteiger partial charge < -0.3 is 10.2 Å². The first kappa shape index (κ1) is 19.7. The predicted octanol–water partition coefficient (Wildman–Crippen LogP) is 3.04. The molecule has 2 N–H and O–H groups in total. The molecule has 8 heteroatoms. The second-order valence-electron chi connectivity index (χ2n) is 6.47. The molecule has 2 aromatic rings. The summed E-state index contributed by atoms with van der Waals surface area (Å²) >= 11 is 0. The number of hydrogen-bond acceptors (Lipinski definition) is 4. The number of pyridine rings is 1. The van der Waals surface area contributed by atoms with E-state index in [0.717, 1.165) is 28.8 Å². The summed E-state index contributed by atoms with van der Waals surface area (Å²) in [6.45, 7) is 6.11. The molecule has 0 saturated heterocycles. The van der Waals surface area contributed by atoms with E-state index in [0.29, 0.717) is 17.9 Å². The zero-order valence-electron chi connectivity index (χ0n) is 15.6. The van der Waals surface area contributed by atoms with Crippen LogP contribution in [-0.4, -0.2) is 37.6 Å². The molecule has 0 aliphatic heterocycles. The highest BCUT2D eigenvalue weighted by atomic mass is 32.2. The van der Waals surface area contributed by atoms with Crippen LogP contribution in [0.3, 0.4) is 0 Å². The third kappa shape index (κ3) is 5.73. The number of nitrogens with one attached hydrogen (secondary N) is 2. The van der Waals surface area contributed by atoms with E-state index in [4.69, 9.17) is 0 Å². The van der Waals surface area contributed by atoms with Gasteiger partial charge in [-0.15, -0.1) is 0 Å². The summed E-state index contributed by atoms with van der Waals surface area (Å²) in [7, 11) is -1.70. The minimum absolute atomic E-state index is 0.300. The molecule has 0 saturated carbocycles. The highest BCUT2D eigenvalue weighted by molar-refractivity contribution is 7.92. The van der Waals surface area contributed by atoms with E-state index in [2.05, 4.69) is 15.0 Å². The van der Waals surface area contributed by atoms with Crippen LogP contribution in [0.15, 0.2) is 30.3 Å². The molecule has 0 aliphatic rings. The number of hydrogen-bond donors (Lipinski definition) is 2. The van der Waals surface area contributed by atoms with E-state index in [1.807, 2.05) is 32.9 Å². The minimum atomic E-state index is -3.38. The number of aryl methyl sites for hydroxylation is 3. The van der Waals surface area contributed by atoms with Crippen molar-refractivity contribution >= 4 is 27.4 Å². The molecule has 1 heterocycles. The molecule has 2 amide bonds. The molecule has 0 fully saturated rings. The van der Waals surface area contributed by atoms with E-state index >= 15 is 0 Å². The maximum atomic E-state index is 12.5. The van der Waals surface area contributed by atoms with Crippen LogP contribution >= 0.6 is 0 Å². The molecule has 1 aromatic heterocycles. The van der Waals surface area contributed by atoms with Crippen molar-refractivity contribution in [2.24, 2.45) is 0 Å². The summed E-state index contributed by atoms with van der Waals surface area (Å²) in [4.78, 5) is 18.4. The Morgan fingerprint density at radius 3 is 2.46 bits per heavy atom. The number of aromatic nitrogens is 1. The van der Waals surface area contributed by atoms with Gasteiger partial charge in [0.1, 0.15) is 0 Å². The summed E-state index contributed by atoms with van der Waals surface area (Å²) < 4.78 is 25.1. The first-order chi connectivity index (χ1) is 12.0. The molecular weight excluding hydrogens is 352 g/mol. The fraction of sp³-hybridized carbons (Fsp3) is 0.333. The number of rotatable bonds is 5. The van der Waals surface area contributed by atoms with Gasteiger partial charge in [0.05, 0.1) is 24.2 Å². The largest absolute Gasteiger partial charge is 0.322 e. The fourth-order valence-electron chi connectivity index (χ4n) is 2.57. The molecule has 0 spiro atoms. The Hall–Kier alpha value is -2.61. The fourth-order valence-corrected chi connectivity index (χ4v) is 3.12. The number of urea groups is 1. The topological polar surface area (TPSA) is 91.4 Å². The van der Waals surface area contributed by atoms with Gasteiger partial charge in [0, 0.05) is 18.4 Å². The molecule has 2 rings (SSSR count). The maximum Gasteiger partial charge on any atom is 0.321 e. The lowest BCUT2D eigenvalue weighted by atomic mass is 10.2. The molecule has 140 valence electrons. The summed E-state index contributed by atoms with van der Waals surface area (Å²) in [6, 6.07) is 8.61. The van der Waals surface area contributed by atoms with E-state index in [1.165, 1.54) is 4.90 Å². The second-order valence-corrected chi connectivity index (χ2v) is 8.22. The highest BCUT2D eigenvalue weighted by Crippen LogP contribution is 2.21. The number of nitrogens with zero attached hydrogens (tertiary/aromatic N) is 2. The van der Waals surface area contributed by atoms with Gasteiger partial charge in [-0.3, -0.25) is 9.71 Å². The monoisotopic (exact) mass is 376 g/mol. The van der Waals surface area contributed by atoms with E-state index < -0.39 is 10.0 Å². The van der Waals surface area contributed by atoms with Gasteiger partial charge in [0.25, 0.3) is 0 Å². The first-order valence-corrected chi connectivity index (χ1v) is 9.97. The Bertz CT molecular complexity index is 906. The van der Waals surface area contributed by atoms with Gasteiger partial charge in [0.15, 0.2) is 0 Å². The summed E-state index contributed by atoms with van der Waals surface area (Å²) in [5, 5.41) is 2.81. The number of amides is 2. The van der Waals surface area contributed by atoms with Gasteiger partial charge in [-0.05, 0) is 56.2 Å². The quantitative estimate of drug-likeness (QED) is 0.839. The molecule has 0 unspecified atom stereocenters. The van der Waals surface area contributed by atoms with Crippen LogP contribution in [0.1, 0.15) is 22.5 Å². The predicted molar refractivity (Wildman–Crippen MR) is 104 cm³/mol. The Labute approximate surface area is 154 Å². The molecule has 1 aromatic carbocycles. The lowest BCUT2D eigenvalue weighted by Crippen LogP contribution is -2.31. The number of anilines is 2. The van der Waals surface area contributed by atoms with Crippen LogP contribution in [0.25, 0.3) is 0 Å². The lowest BCUT2D eigenvalue weighted by molar-refractivity contribution is 0.220. The highest BCUT2D eigenvalue weighted by Gasteiger charge is 2.13. The summed E-state index contributed by atoms with van der Waals surface area (Å²) in [5.74, 6) is 0. The number of sulfonamides is 1. The van der Waals surface area contributed by atoms with Crippen molar-refractivity contribution in [1.29, 1.82) is 0 Å². The molecule has 26 heavy (non-hydrogen) atoms. The third-order valence-electron chi connectivity index (χ3n) is 3.68. The summed E-state index contributed by atoms with van der Waals surface area (Å²) in [5.41, 5.74) is 4.58. The Balaban J connectivity index is 2.12. The molecular formula is C18H24N4O3S. The van der Waals surface area contributed by atoms with Crippen LogP contribution < -0.4 is 10.0 Å².